The molecule has 12 heteroatoms. The fourth-order valence-corrected chi connectivity index (χ4v) is 4.97. The quantitative estimate of drug-likeness (QED) is 0.218. The number of aryl methyl sites for hydroxylation is 2. The van der Waals surface area contributed by atoms with E-state index in [1.165, 1.54) is 0 Å². The van der Waals surface area contributed by atoms with Gasteiger partial charge < -0.3 is 19.5 Å². The lowest BCUT2D eigenvalue weighted by Gasteiger charge is -2.30. The Labute approximate surface area is 251 Å². The number of aromatic nitrogens is 3. The highest BCUT2D eigenvalue weighted by atomic mass is 35.5. The monoisotopic (exact) mass is 612 g/mol. The number of pyridine rings is 1. The van der Waals surface area contributed by atoms with Crippen molar-refractivity contribution in [2.45, 2.75) is 39.5 Å². The van der Waals surface area contributed by atoms with Crippen LogP contribution in [0.15, 0.2) is 60.9 Å². The van der Waals surface area contributed by atoms with E-state index in [-0.39, 0.29) is 23.4 Å². The molecule has 1 aliphatic rings. The smallest absolute Gasteiger partial charge is 0.417 e. The van der Waals surface area contributed by atoms with Crippen molar-refractivity contribution in [1.29, 1.82) is 0 Å². The third-order valence-corrected chi connectivity index (χ3v) is 7.50. The highest BCUT2D eigenvalue weighted by Gasteiger charge is 2.32. The van der Waals surface area contributed by atoms with Crippen LogP contribution < -0.4 is 14.4 Å². The van der Waals surface area contributed by atoms with Gasteiger partial charge in [-0.15, -0.1) is 0 Å². The molecule has 3 heterocycles. The van der Waals surface area contributed by atoms with Gasteiger partial charge in [0, 0.05) is 31.0 Å². The van der Waals surface area contributed by atoms with Crippen molar-refractivity contribution in [3.05, 3.63) is 88.2 Å². The maximum absolute atomic E-state index is 12.9. The molecule has 5 rings (SSSR count). The summed E-state index contributed by atoms with van der Waals surface area (Å²) in [6, 6.07) is 13.6. The Morgan fingerprint density at radius 1 is 1.07 bits per heavy atom. The Hall–Kier alpha value is -4.38. The molecule has 0 radical (unpaired) electrons. The highest BCUT2D eigenvalue weighted by molar-refractivity contribution is 6.31. The van der Waals surface area contributed by atoms with E-state index in [1.54, 1.807) is 24.4 Å². The van der Waals surface area contributed by atoms with Crippen LogP contribution in [0.2, 0.25) is 5.02 Å². The molecule has 0 unspecified atom stereocenters. The lowest BCUT2D eigenvalue weighted by atomic mass is 9.97. The number of carboxylic acid groups (broad SMARTS) is 1. The molecule has 1 N–H and O–H groups in total. The van der Waals surface area contributed by atoms with E-state index >= 15 is 0 Å². The minimum Gasteiger partial charge on any atom is -0.488 e. The second-order valence-corrected chi connectivity index (χ2v) is 10.7. The van der Waals surface area contributed by atoms with E-state index in [0.29, 0.717) is 55.3 Å². The van der Waals surface area contributed by atoms with Crippen LogP contribution in [0.25, 0.3) is 11.3 Å². The lowest BCUT2D eigenvalue weighted by Crippen LogP contribution is -2.37. The number of anilines is 1. The van der Waals surface area contributed by atoms with Gasteiger partial charge in [-0.1, -0.05) is 29.3 Å². The van der Waals surface area contributed by atoms with Gasteiger partial charge in [-0.25, -0.2) is 15.0 Å². The highest BCUT2D eigenvalue weighted by Crippen LogP contribution is 2.36. The average molecular weight is 613 g/mol. The van der Waals surface area contributed by atoms with Gasteiger partial charge in [-0.05, 0) is 74.2 Å². The summed E-state index contributed by atoms with van der Waals surface area (Å²) in [7, 11) is 0. The van der Waals surface area contributed by atoms with Crippen molar-refractivity contribution in [1.82, 2.24) is 15.0 Å². The zero-order valence-electron chi connectivity index (χ0n) is 23.4. The van der Waals surface area contributed by atoms with Crippen molar-refractivity contribution in [2.24, 2.45) is 5.92 Å². The van der Waals surface area contributed by atoms with Crippen LogP contribution in [0.4, 0.5) is 19.1 Å². The Balaban J connectivity index is 1.29. The topological polar surface area (TPSA) is 97.7 Å². The summed E-state index contributed by atoms with van der Waals surface area (Å²) < 4.78 is 50.6. The Morgan fingerprint density at radius 2 is 1.84 bits per heavy atom. The summed E-state index contributed by atoms with van der Waals surface area (Å²) in [5.41, 5.74) is 3.26. The molecule has 2 aromatic heterocycles. The fraction of sp³-hybridized carbons (Fsp3) is 0.290. The number of piperidine rings is 1. The van der Waals surface area contributed by atoms with Crippen LogP contribution in [0.1, 0.15) is 35.1 Å². The minimum atomic E-state index is -4.55. The Bertz CT molecular complexity index is 1640. The summed E-state index contributed by atoms with van der Waals surface area (Å²) in [4.78, 5) is 26.3. The molecule has 0 amide bonds. The van der Waals surface area contributed by atoms with E-state index in [9.17, 15) is 23.1 Å². The van der Waals surface area contributed by atoms with E-state index in [1.807, 2.05) is 43.0 Å². The number of rotatable bonds is 8. The summed E-state index contributed by atoms with van der Waals surface area (Å²) in [6.07, 6.45) is -1.11. The molecule has 0 bridgehead atoms. The van der Waals surface area contributed by atoms with Gasteiger partial charge in [-0.2, -0.15) is 13.2 Å². The number of nitrogens with zero attached hydrogens (tertiary/aromatic N) is 4. The molecule has 224 valence electrons. The van der Waals surface area contributed by atoms with E-state index in [2.05, 4.69) is 9.97 Å². The minimum absolute atomic E-state index is 0.127. The van der Waals surface area contributed by atoms with Gasteiger partial charge in [0.1, 0.15) is 23.1 Å². The Morgan fingerprint density at radius 3 is 2.51 bits per heavy atom. The maximum Gasteiger partial charge on any atom is 0.417 e. The zero-order valence-corrected chi connectivity index (χ0v) is 24.1. The molecule has 8 nitrogen and oxygen atoms in total. The summed E-state index contributed by atoms with van der Waals surface area (Å²) >= 11 is 5.98. The van der Waals surface area contributed by atoms with Crippen LogP contribution in [0, 0.1) is 19.8 Å². The molecule has 1 fully saturated rings. The molecule has 4 aromatic rings. The van der Waals surface area contributed by atoms with Crippen molar-refractivity contribution >= 4 is 23.5 Å². The van der Waals surface area contributed by atoms with Gasteiger partial charge in [0.2, 0.25) is 11.8 Å². The molecule has 0 saturated carbocycles. The lowest BCUT2D eigenvalue weighted by molar-refractivity contribution is -0.142. The third-order valence-electron chi connectivity index (χ3n) is 7.23. The van der Waals surface area contributed by atoms with E-state index < -0.39 is 17.7 Å². The van der Waals surface area contributed by atoms with Gasteiger partial charge in [0.15, 0.2) is 0 Å². The fourth-order valence-electron chi connectivity index (χ4n) is 4.76. The molecule has 1 aliphatic heterocycles. The molecule has 1 saturated heterocycles. The summed E-state index contributed by atoms with van der Waals surface area (Å²) in [5, 5.41) is 9.05. The molecule has 0 atom stereocenters. The largest absolute Gasteiger partial charge is 0.488 e. The number of carboxylic acids is 1. The maximum atomic E-state index is 12.9. The number of halogens is 4. The van der Waals surface area contributed by atoms with E-state index in [0.717, 1.165) is 28.3 Å². The summed E-state index contributed by atoms with van der Waals surface area (Å²) in [6.45, 7) is 5.22. The number of hydrogen-bond acceptors (Lipinski definition) is 7. The molecular formula is C31H28ClF3N4O4. The number of alkyl halides is 3. The van der Waals surface area contributed by atoms with Crippen LogP contribution >= 0.6 is 11.6 Å². The first-order chi connectivity index (χ1) is 20.5. The molecule has 2 aromatic carbocycles. The number of carbonyl (C=O) groups is 1. The van der Waals surface area contributed by atoms with Crippen molar-refractivity contribution < 1.29 is 32.5 Å². The Kier molecular flexibility index (Phi) is 8.72. The van der Waals surface area contributed by atoms with Crippen molar-refractivity contribution in [3.8, 4) is 28.6 Å². The van der Waals surface area contributed by atoms with Gasteiger partial charge in [0.25, 0.3) is 0 Å². The number of ether oxygens (including phenoxy) is 2. The van der Waals surface area contributed by atoms with Gasteiger partial charge in [-0.3, -0.25) is 4.79 Å². The average Bonchev–Trinajstić information content (AvgIpc) is 2.98. The third kappa shape index (κ3) is 7.16. The predicted molar refractivity (Wildman–Crippen MR) is 155 cm³/mol. The SMILES string of the molecule is Cc1ccc(OCc2ccc(Oc3ncc(C(F)(F)F)cc3Cl)cc2C)c(-c2ccnc(N3CCC(C(=O)O)CC3)n2)c1. The second kappa shape index (κ2) is 12.5. The van der Waals surface area contributed by atoms with Crippen LogP contribution in [-0.4, -0.2) is 39.1 Å². The van der Waals surface area contributed by atoms with Crippen LogP contribution in [-0.2, 0) is 17.6 Å². The number of aliphatic carboxylic acids is 1. The standard InChI is InChI=1S/C31H28ClF3N4O4/c1-18-3-6-27(24(13-18)26-7-10-36-30(38-26)39-11-8-20(9-12-39)29(40)41)42-17-21-4-5-23(14-19(21)2)43-28-25(32)15-22(16-37-28)31(33,34)35/h3-7,10,13-16,20H,8-9,11-12,17H2,1-2H3,(H,40,41). The zero-order chi connectivity index (χ0) is 30.7. The molecule has 43 heavy (non-hydrogen) atoms. The van der Waals surface area contributed by atoms with Crippen molar-refractivity contribution in [3.63, 3.8) is 0 Å². The first kappa shape index (κ1) is 30.1. The van der Waals surface area contributed by atoms with Crippen LogP contribution in [0.5, 0.6) is 17.4 Å². The van der Waals surface area contributed by atoms with E-state index in [4.69, 9.17) is 26.1 Å². The first-order valence-electron chi connectivity index (χ1n) is 13.5. The molecule has 0 spiro atoms. The second-order valence-electron chi connectivity index (χ2n) is 10.3. The number of benzene rings is 2. The molecular weight excluding hydrogens is 585 g/mol. The van der Waals surface area contributed by atoms with Gasteiger partial charge in [0.05, 0.1) is 17.2 Å². The summed E-state index contributed by atoms with van der Waals surface area (Å²) in [5.74, 6) is 0.293. The van der Waals surface area contributed by atoms with Crippen molar-refractivity contribution in [2.75, 3.05) is 18.0 Å². The first-order valence-corrected chi connectivity index (χ1v) is 13.9. The molecule has 0 aliphatic carbocycles. The van der Waals surface area contributed by atoms with Gasteiger partial charge >= 0.3 is 12.1 Å². The normalized spacial score (nSPS) is 14.0. The number of hydrogen-bond donors (Lipinski definition) is 1. The predicted octanol–water partition coefficient (Wildman–Crippen LogP) is 7.50. The van der Waals surface area contributed by atoms with Crippen LogP contribution in [0.3, 0.4) is 0 Å².